The van der Waals surface area contributed by atoms with Gasteiger partial charge in [0.25, 0.3) is 0 Å². The van der Waals surface area contributed by atoms with E-state index in [4.69, 9.17) is 4.74 Å². The molecule has 4 nitrogen and oxygen atoms in total. The second-order valence-corrected chi connectivity index (χ2v) is 6.23. The van der Waals surface area contributed by atoms with Gasteiger partial charge in [0.05, 0.1) is 5.56 Å². The summed E-state index contributed by atoms with van der Waals surface area (Å²) in [4.78, 5) is 27.2. The van der Waals surface area contributed by atoms with Crippen LogP contribution in [-0.2, 0) is 4.74 Å². The second-order valence-electron chi connectivity index (χ2n) is 6.23. The Morgan fingerprint density at radius 3 is 2.38 bits per heavy atom. The zero-order valence-corrected chi connectivity index (χ0v) is 14.2. The summed E-state index contributed by atoms with van der Waals surface area (Å²) in [6.45, 7) is 2.40. The Kier molecular flexibility index (Phi) is 4.49. The number of carbonyl (C=O) groups excluding carboxylic acids is 2. The molecule has 0 radical (unpaired) electrons. The SMILES string of the molecule is CCC(COC(=O)c1cccc2c1-c1ccccc1C2=O)N(C)C. The van der Waals surface area contributed by atoms with E-state index >= 15 is 0 Å². The number of likely N-dealkylation sites (N-methyl/N-ethyl adjacent to an activating group) is 1. The zero-order valence-electron chi connectivity index (χ0n) is 14.2. The van der Waals surface area contributed by atoms with Gasteiger partial charge in [0.2, 0.25) is 0 Å². The third-order valence-corrected chi connectivity index (χ3v) is 4.58. The van der Waals surface area contributed by atoms with Crippen molar-refractivity contribution in [2.24, 2.45) is 0 Å². The number of hydrogen-bond donors (Lipinski definition) is 0. The highest BCUT2D eigenvalue weighted by Gasteiger charge is 2.30. The van der Waals surface area contributed by atoms with Gasteiger partial charge in [-0.2, -0.15) is 0 Å². The number of esters is 1. The lowest BCUT2D eigenvalue weighted by Gasteiger charge is -2.22. The minimum absolute atomic E-state index is 0.0324. The summed E-state index contributed by atoms with van der Waals surface area (Å²) < 4.78 is 5.53. The maximum atomic E-state index is 12.6. The monoisotopic (exact) mass is 323 g/mol. The summed E-state index contributed by atoms with van der Waals surface area (Å²) in [6, 6.07) is 12.8. The highest BCUT2D eigenvalue weighted by atomic mass is 16.5. The molecule has 2 aromatic rings. The van der Waals surface area contributed by atoms with Crippen LogP contribution in [0.5, 0.6) is 0 Å². The molecule has 1 aliphatic rings. The first kappa shape index (κ1) is 16.4. The van der Waals surface area contributed by atoms with Crippen molar-refractivity contribution in [2.75, 3.05) is 20.7 Å². The Morgan fingerprint density at radius 1 is 1.04 bits per heavy atom. The molecule has 0 saturated heterocycles. The number of carbonyl (C=O) groups is 2. The van der Waals surface area contributed by atoms with E-state index in [9.17, 15) is 9.59 Å². The predicted octanol–water partition coefficient (Wildman–Crippen LogP) is 3.40. The summed E-state index contributed by atoms with van der Waals surface area (Å²) in [6.07, 6.45) is 0.897. The minimum Gasteiger partial charge on any atom is -0.460 e. The quantitative estimate of drug-likeness (QED) is 0.675. The average Bonchev–Trinajstić information content (AvgIpc) is 2.88. The molecule has 2 aromatic carbocycles. The van der Waals surface area contributed by atoms with Crippen LogP contribution >= 0.6 is 0 Å². The number of nitrogens with zero attached hydrogens (tertiary/aromatic N) is 1. The first-order valence-corrected chi connectivity index (χ1v) is 8.15. The van der Waals surface area contributed by atoms with E-state index < -0.39 is 0 Å². The Hall–Kier alpha value is -2.46. The van der Waals surface area contributed by atoms with Crippen molar-refractivity contribution in [3.05, 3.63) is 59.2 Å². The van der Waals surface area contributed by atoms with E-state index in [-0.39, 0.29) is 17.8 Å². The zero-order chi connectivity index (χ0) is 17.3. The lowest BCUT2D eigenvalue weighted by atomic mass is 9.99. The number of benzene rings is 2. The van der Waals surface area contributed by atoms with Gasteiger partial charge in [0.1, 0.15) is 6.61 Å². The van der Waals surface area contributed by atoms with Crippen molar-refractivity contribution in [2.45, 2.75) is 19.4 Å². The second kappa shape index (κ2) is 6.57. The van der Waals surface area contributed by atoms with Crippen LogP contribution in [0.2, 0.25) is 0 Å². The Bertz CT molecular complexity index is 795. The van der Waals surface area contributed by atoms with E-state index in [1.165, 1.54) is 0 Å². The van der Waals surface area contributed by atoms with Crippen LogP contribution in [0.15, 0.2) is 42.5 Å². The van der Waals surface area contributed by atoms with Crippen LogP contribution in [-0.4, -0.2) is 43.4 Å². The Balaban J connectivity index is 1.92. The molecular weight excluding hydrogens is 302 g/mol. The number of rotatable bonds is 5. The van der Waals surface area contributed by atoms with Crippen LogP contribution < -0.4 is 0 Å². The molecular formula is C20H21NO3. The predicted molar refractivity (Wildman–Crippen MR) is 93.4 cm³/mol. The highest BCUT2D eigenvalue weighted by Crippen LogP contribution is 2.38. The molecule has 0 aliphatic heterocycles. The van der Waals surface area contributed by atoms with Gasteiger partial charge < -0.3 is 9.64 Å². The van der Waals surface area contributed by atoms with Gasteiger partial charge in [0, 0.05) is 22.7 Å². The van der Waals surface area contributed by atoms with Crippen LogP contribution in [0.4, 0.5) is 0 Å². The van der Waals surface area contributed by atoms with Crippen molar-refractivity contribution in [1.29, 1.82) is 0 Å². The molecule has 0 fully saturated rings. The summed E-state index contributed by atoms with van der Waals surface area (Å²) in [5.41, 5.74) is 3.18. The summed E-state index contributed by atoms with van der Waals surface area (Å²) in [5, 5.41) is 0. The van der Waals surface area contributed by atoms with Gasteiger partial charge >= 0.3 is 5.97 Å². The molecule has 0 heterocycles. The molecule has 3 rings (SSSR count). The third-order valence-electron chi connectivity index (χ3n) is 4.58. The molecule has 0 amide bonds. The van der Waals surface area contributed by atoms with Crippen molar-refractivity contribution < 1.29 is 14.3 Å². The van der Waals surface area contributed by atoms with Gasteiger partial charge in [0.15, 0.2) is 5.78 Å². The molecule has 4 heteroatoms. The number of ether oxygens (including phenoxy) is 1. The smallest absolute Gasteiger partial charge is 0.338 e. The summed E-state index contributed by atoms with van der Waals surface area (Å²) in [5.74, 6) is -0.411. The molecule has 0 N–H and O–H groups in total. The summed E-state index contributed by atoms with van der Waals surface area (Å²) in [7, 11) is 3.94. The van der Waals surface area contributed by atoms with E-state index in [1.807, 2.05) is 37.2 Å². The molecule has 1 aliphatic carbocycles. The van der Waals surface area contributed by atoms with Crippen molar-refractivity contribution in [3.63, 3.8) is 0 Å². The molecule has 1 unspecified atom stereocenters. The molecule has 1 atom stereocenters. The van der Waals surface area contributed by atoms with Gasteiger partial charge in [-0.05, 0) is 32.1 Å². The van der Waals surface area contributed by atoms with Gasteiger partial charge in [-0.25, -0.2) is 4.79 Å². The molecule has 124 valence electrons. The van der Waals surface area contributed by atoms with Gasteiger partial charge in [-0.3, -0.25) is 4.79 Å². The van der Waals surface area contributed by atoms with Gasteiger partial charge in [-0.1, -0.05) is 43.3 Å². The first-order valence-electron chi connectivity index (χ1n) is 8.15. The van der Waals surface area contributed by atoms with Crippen LogP contribution in [0.1, 0.15) is 39.6 Å². The Labute approximate surface area is 142 Å². The fourth-order valence-corrected chi connectivity index (χ4v) is 3.13. The van der Waals surface area contributed by atoms with Gasteiger partial charge in [-0.15, -0.1) is 0 Å². The van der Waals surface area contributed by atoms with E-state index in [1.54, 1.807) is 24.3 Å². The molecule has 0 spiro atoms. The maximum Gasteiger partial charge on any atom is 0.338 e. The summed E-state index contributed by atoms with van der Waals surface area (Å²) >= 11 is 0. The molecule has 0 saturated carbocycles. The van der Waals surface area contributed by atoms with E-state index in [0.717, 1.165) is 12.0 Å². The minimum atomic E-state index is -0.378. The number of ketones is 1. The number of fused-ring (bicyclic) bond motifs is 3. The van der Waals surface area contributed by atoms with Crippen molar-refractivity contribution in [1.82, 2.24) is 4.90 Å². The third kappa shape index (κ3) is 2.74. The lowest BCUT2D eigenvalue weighted by molar-refractivity contribution is 0.0398. The van der Waals surface area contributed by atoms with Crippen LogP contribution in [0.25, 0.3) is 11.1 Å². The van der Waals surface area contributed by atoms with E-state index in [0.29, 0.717) is 28.9 Å². The van der Waals surface area contributed by atoms with E-state index in [2.05, 4.69) is 6.92 Å². The first-order chi connectivity index (χ1) is 11.5. The van der Waals surface area contributed by atoms with Crippen LogP contribution in [0, 0.1) is 0 Å². The molecule has 0 bridgehead atoms. The fraction of sp³-hybridized carbons (Fsp3) is 0.300. The normalized spacial score (nSPS) is 13.6. The molecule has 0 aromatic heterocycles. The number of hydrogen-bond acceptors (Lipinski definition) is 4. The van der Waals surface area contributed by atoms with Crippen molar-refractivity contribution >= 4 is 11.8 Å². The lowest BCUT2D eigenvalue weighted by Crippen LogP contribution is -2.32. The topological polar surface area (TPSA) is 46.6 Å². The average molecular weight is 323 g/mol. The Morgan fingerprint density at radius 2 is 1.71 bits per heavy atom. The highest BCUT2D eigenvalue weighted by molar-refractivity contribution is 6.24. The fourth-order valence-electron chi connectivity index (χ4n) is 3.13. The largest absolute Gasteiger partial charge is 0.460 e. The maximum absolute atomic E-state index is 12.6. The standard InChI is InChI=1S/C20H21NO3/c1-4-13(21(2)3)12-24-20(23)17-11-7-10-16-18(17)14-8-5-6-9-15(14)19(16)22/h5-11,13H,4,12H2,1-3H3. The van der Waals surface area contributed by atoms with Crippen LogP contribution in [0.3, 0.4) is 0 Å². The molecule has 24 heavy (non-hydrogen) atoms. The van der Waals surface area contributed by atoms with Crippen molar-refractivity contribution in [3.8, 4) is 11.1 Å².